The van der Waals surface area contributed by atoms with Gasteiger partial charge in [0.05, 0.1) is 5.60 Å². The maximum atomic E-state index is 12.8. The standard InChI is InChI=1S/C21H18Cl2N2O3/c1-20(27)8-21(9-20)10-25(11-21)19(26)12-2-3-16-17(6-12)28-18(24-16)13-4-14(22)7-15(23)5-13/h2-7,27H,8-11H2,1H3. The van der Waals surface area contributed by atoms with Crippen LogP contribution in [0.1, 0.15) is 30.1 Å². The van der Waals surface area contributed by atoms with Crippen LogP contribution in [0.25, 0.3) is 22.6 Å². The molecule has 1 spiro atoms. The summed E-state index contributed by atoms with van der Waals surface area (Å²) >= 11 is 12.1. The quantitative estimate of drug-likeness (QED) is 0.651. The molecule has 2 aromatic carbocycles. The van der Waals surface area contributed by atoms with Gasteiger partial charge in [-0.15, -0.1) is 0 Å². The molecule has 0 atom stereocenters. The predicted molar refractivity (Wildman–Crippen MR) is 108 cm³/mol. The second kappa shape index (κ2) is 5.96. The summed E-state index contributed by atoms with van der Waals surface area (Å²) in [5.41, 5.74) is 1.99. The fourth-order valence-corrected chi connectivity index (χ4v) is 5.26. The maximum absolute atomic E-state index is 12.8. The third kappa shape index (κ3) is 2.98. The van der Waals surface area contributed by atoms with Crippen LogP contribution in [0.3, 0.4) is 0 Å². The Morgan fingerprint density at radius 2 is 1.82 bits per heavy atom. The molecule has 5 rings (SSSR count). The molecule has 1 saturated heterocycles. The van der Waals surface area contributed by atoms with Crippen LogP contribution in [0.5, 0.6) is 0 Å². The van der Waals surface area contributed by atoms with Crippen LogP contribution in [-0.4, -0.2) is 39.6 Å². The van der Waals surface area contributed by atoms with Gasteiger partial charge in [-0.25, -0.2) is 4.98 Å². The van der Waals surface area contributed by atoms with Gasteiger partial charge in [0.15, 0.2) is 5.58 Å². The van der Waals surface area contributed by atoms with E-state index in [4.69, 9.17) is 27.6 Å². The summed E-state index contributed by atoms with van der Waals surface area (Å²) < 4.78 is 5.85. The molecule has 1 amide bonds. The molecule has 2 heterocycles. The van der Waals surface area contributed by atoms with E-state index >= 15 is 0 Å². The molecule has 1 aliphatic heterocycles. The summed E-state index contributed by atoms with van der Waals surface area (Å²) in [6, 6.07) is 10.4. The second-order valence-corrected chi connectivity index (χ2v) is 9.24. The van der Waals surface area contributed by atoms with E-state index in [9.17, 15) is 9.90 Å². The molecule has 7 heteroatoms. The number of halogens is 2. The molecule has 1 saturated carbocycles. The van der Waals surface area contributed by atoms with Crippen LogP contribution in [-0.2, 0) is 0 Å². The Kier molecular flexibility index (Phi) is 3.83. The minimum atomic E-state index is -0.576. The summed E-state index contributed by atoms with van der Waals surface area (Å²) in [6.45, 7) is 3.25. The van der Waals surface area contributed by atoms with E-state index in [1.165, 1.54) is 0 Å². The average molecular weight is 417 g/mol. The summed E-state index contributed by atoms with van der Waals surface area (Å²) in [5.74, 6) is 0.381. The molecule has 3 aromatic rings. The van der Waals surface area contributed by atoms with Gasteiger partial charge in [-0.2, -0.15) is 0 Å². The number of hydrogen-bond donors (Lipinski definition) is 1. The first-order valence-corrected chi connectivity index (χ1v) is 9.86. The highest BCUT2D eigenvalue weighted by molar-refractivity contribution is 6.35. The van der Waals surface area contributed by atoms with Crippen LogP contribution in [0, 0.1) is 5.41 Å². The van der Waals surface area contributed by atoms with Crippen molar-refractivity contribution in [3.63, 3.8) is 0 Å². The van der Waals surface area contributed by atoms with Crippen molar-refractivity contribution in [1.29, 1.82) is 0 Å². The third-order valence-electron chi connectivity index (χ3n) is 5.60. The zero-order valence-electron chi connectivity index (χ0n) is 15.2. The minimum Gasteiger partial charge on any atom is -0.436 e. The second-order valence-electron chi connectivity index (χ2n) is 8.37. The fraction of sp³-hybridized carbons (Fsp3) is 0.333. The molecule has 0 unspecified atom stereocenters. The molecule has 1 aromatic heterocycles. The number of aromatic nitrogens is 1. The van der Waals surface area contributed by atoms with Gasteiger partial charge in [0.2, 0.25) is 5.89 Å². The lowest BCUT2D eigenvalue weighted by Gasteiger charge is -2.61. The Bertz CT molecular complexity index is 1090. The van der Waals surface area contributed by atoms with E-state index in [1.807, 2.05) is 11.8 Å². The lowest BCUT2D eigenvalue weighted by atomic mass is 9.56. The first-order chi connectivity index (χ1) is 13.2. The van der Waals surface area contributed by atoms with Crippen molar-refractivity contribution >= 4 is 40.2 Å². The SMILES string of the molecule is CC1(O)CC2(CN(C(=O)c3ccc4nc(-c5cc(Cl)cc(Cl)c5)oc4c3)C2)C1. The molecule has 0 radical (unpaired) electrons. The lowest BCUT2D eigenvalue weighted by molar-refractivity contribution is -0.169. The summed E-state index contributed by atoms with van der Waals surface area (Å²) in [7, 11) is 0. The van der Waals surface area contributed by atoms with E-state index in [0.29, 0.717) is 51.3 Å². The smallest absolute Gasteiger partial charge is 0.254 e. The van der Waals surface area contributed by atoms with Gasteiger partial charge in [-0.3, -0.25) is 4.79 Å². The molecular weight excluding hydrogens is 399 g/mol. The van der Waals surface area contributed by atoms with Crippen LogP contribution in [0.2, 0.25) is 10.0 Å². The Hall–Kier alpha value is -2.08. The van der Waals surface area contributed by atoms with Crippen molar-refractivity contribution in [2.75, 3.05) is 13.1 Å². The number of carbonyl (C=O) groups is 1. The highest BCUT2D eigenvalue weighted by atomic mass is 35.5. The number of fused-ring (bicyclic) bond motifs is 1. The van der Waals surface area contributed by atoms with E-state index in [1.54, 1.807) is 36.4 Å². The third-order valence-corrected chi connectivity index (χ3v) is 6.03. The zero-order chi connectivity index (χ0) is 19.7. The van der Waals surface area contributed by atoms with Gasteiger partial charge < -0.3 is 14.4 Å². The Morgan fingerprint density at radius 1 is 1.14 bits per heavy atom. The van der Waals surface area contributed by atoms with Crippen molar-refractivity contribution in [3.8, 4) is 11.5 Å². The number of hydrogen-bond acceptors (Lipinski definition) is 4. The molecule has 5 nitrogen and oxygen atoms in total. The van der Waals surface area contributed by atoms with Gasteiger partial charge in [0.25, 0.3) is 5.91 Å². The van der Waals surface area contributed by atoms with Crippen molar-refractivity contribution in [2.45, 2.75) is 25.4 Å². The Morgan fingerprint density at radius 3 is 2.46 bits per heavy atom. The summed E-state index contributed by atoms with van der Waals surface area (Å²) in [5, 5.41) is 11.0. The first kappa shape index (κ1) is 18.0. The molecule has 2 aliphatic rings. The van der Waals surface area contributed by atoms with Crippen molar-refractivity contribution < 1.29 is 14.3 Å². The maximum Gasteiger partial charge on any atom is 0.254 e. The normalized spacial score (nSPS) is 19.5. The van der Waals surface area contributed by atoms with Crippen LogP contribution >= 0.6 is 23.2 Å². The van der Waals surface area contributed by atoms with Crippen molar-refractivity contribution in [2.24, 2.45) is 5.41 Å². The molecular formula is C21H18Cl2N2O3. The predicted octanol–water partition coefficient (Wildman–Crippen LogP) is 4.79. The number of likely N-dealkylation sites (tertiary alicyclic amines) is 1. The van der Waals surface area contributed by atoms with Gasteiger partial charge in [0, 0.05) is 39.7 Å². The van der Waals surface area contributed by atoms with Crippen molar-refractivity contribution in [1.82, 2.24) is 9.88 Å². The average Bonchev–Trinajstić information content (AvgIpc) is 2.99. The minimum absolute atomic E-state index is 0.0252. The van der Waals surface area contributed by atoms with Crippen LogP contribution in [0.15, 0.2) is 40.8 Å². The van der Waals surface area contributed by atoms with E-state index in [2.05, 4.69) is 4.98 Å². The number of nitrogens with zero attached hydrogens (tertiary/aromatic N) is 2. The van der Waals surface area contributed by atoms with Gasteiger partial charge in [-0.05, 0) is 56.2 Å². The van der Waals surface area contributed by atoms with Gasteiger partial charge in [-0.1, -0.05) is 23.2 Å². The number of benzene rings is 2. The van der Waals surface area contributed by atoms with E-state index in [0.717, 1.165) is 12.8 Å². The number of rotatable bonds is 2. The summed E-state index contributed by atoms with van der Waals surface area (Å²) in [6.07, 6.45) is 1.52. The van der Waals surface area contributed by atoms with Crippen molar-refractivity contribution in [3.05, 3.63) is 52.0 Å². The van der Waals surface area contributed by atoms with E-state index < -0.39 is 5.60 Å². The van der Waals surface area contributed by atoms with Crippen LogP contribution < -0.4 is 0 Å². The number of aliphatic hydroxyl groups is 1. The first-order valence-electron chi connectivity index (χ1n) is 9.11. The number of amides is 1. The largest absolute Gasteiger partial charge is 0.436 e. The number of carbonyl (C=O) groups excluding carboxylic acids is 1. The molecule has 28 heavy (non-hydrogen) atoms. The Balaban J connectivity index is 1.38. The topological polar surface area (TPSA) is 66.6 Å². The van der Waals surface area contributed by atoms with Gasteiger partial charge in [0.1, 0.15) is 5.52 Å². The molecule has 1 N–H and O–H groups in total. The lowest BCUT2D eigenvalue weighted by Crippen LogP contribution is -2.68. The van der Waals surface area contributed by atoms with Gasteiger partial charge >= 0.3 is 0 Å². The molecule has 144 valence electrons. The van der Waals surface area contributed by atoms with Crippen LogP contribution in [0.4, 0.5) is 0 Å². The van der Waals surface area contributed by atoms with E-state index in [-0.39, 0.29) is 11.3 Å². The Labute approximate surface area is 171 Å². The fourth-order valence-electron chi connectivity index (χ4n) is 4.74. The molecule has 2 fully saturated rings. The number of oxazole rings is 1. The monoisotopic (exact) mass is 416 g/mol. The molecule has 1 aliphatic carbocycles. The highest BCUT2D eigenvalue weighted by Gasteiger charge is 2.58. The zero-order valence-corrected chi connectivity index (χ0v) is 16.7. The highest BCUT2D eigenvalue weighted by Crippen LogP contribution is 2.54. The molecule has 0 bridgehead atoms. The summed E-state index contributed by atoms with van der Waals surface area (Å²) in [4.78, 5) is 19.1.